The number of carbonyl (C=O) groups excluding carboxylic acids is 1. The van der Waals surface area contributed by atoms with E-state index in [1.54, 1.807) is 0 Å². The average molecular weight is 393 g/mol. The van der Waals surface area contributed by atoms with Gasteiger partial charge < -0.3 is 14.8 Å². The van der Waals surface area contributed by atoms with Gasteiger partial charge in [0.15, 0.2) is 0 Å². The fraction of sp³-hybridized carbons (Fsp3) is 0.562. The van der Waals surface area contributed by atoms with Crippen LogP contribution in [-0.2, 0) is 14.9 Å². The summed E-state index contributed by atoms with van der Waals surface area (Å²) in [5.41, 5.74) is 1.14. The molecule has 0 aliphatic carbocycles. The van der Waals surface area contributed by atoms with E-state index < -0.39 is 0 Å². The molecule has 22 heavy (non-hydrogen) atoms. The third kappa shape index (κ3) is 4.61. The highest BCUT2D eigenvalue weighted by Crippen LogP contribution is 2.34. The van der Waals surface area contributed by atoms with Crippen LogP contribution in [0.5, 0.6) is 5.75 Å². The van der Waals surface area contributed by atoms with Crippen molar-refractivity contribution in [3.05, 3.63) is 28.2 Å². The van der Waals surface area contributed by atoms with E-state index in [2.05, 4.69) is 48.1 Å². The molecule has 0 aromatic heterocycles. The van der Waals surface area contributed by atoms with Crippen molar-refractivity contribution in [2.24, 2.45) is 0 Å². The summed E-state index contributed by atoms with van der Waals surface area (Å²) in [7, 11) is 1.41. The lowest BCUT2D eigenvalue weighted by molar-refractivity contribution is -0.142. The Labute approximate surface area is 146 Å². The summed E-state index contributed by atoms with van der Waals surface area (Å²) in [6.07, 6.45) is 0.614. The van der Waals surface area contributed by atoms with Crippen molar-refractivity contribution in [2.45, 2.75) is 44.8 Å². The van der Waals surface area contributed by atoms with Gasteiger partial charge in [-0.3, -0.25) is 4.79 Å². The topological polar surface area (TPSA) is 47.6 Å². The molecule has 6 heteroatoms. The molecule has 1 aromatic carbocycles. The number of esters is 1. The zero-order chi connectivity index (χ0) is 15.6. The molecule has 0 saturated carbocycles. The van der Waals surface area contributed by atoms with Crippen LogP contribution >= 0.6 is 28.3 Å². The Morgan fingerprint density at radius 3 is 2.64 bits per heavy atom. The van der Waals surface area contributed by atoms with E-state index >= 15 is 0 Å². The van der Waals surface area contributed by atoms with Crippen LogP contribution in [0.1, 0.15) is 32.8 Å². The molecule has 1 heterocycles. The zero-order valence-electron chi connectivity index (χ0n) is 13.3. The fourth-order valence-corrected chi connectivity index (χ4v) is 2.85. The lowest BCUT2D eigenvalue weighted by atomic mass is 9.86. The largest absolute Gasteiger partial charge is 0.489 e. The minimum absolute atomic E-state index is 0. The standard InChI is InChI=1S/C16H22BrNO3.ClH/c1-16(2,3)12-7-10(17)5-6-14(12)21-11-8-13(18-9-11)15(19)20-4;/h5-7,11,13,18H,8-9H2,1-4H3;1H/t11-,13+;/m1./s1. The van der Waals surface area contributed by atoms with Gasteiger partial charge in [-0.25, -0.2) is 0 Å². The van der Waals surface area contributed by atoms with Crippen molar-refractivity contribution in [3.63, 3.8) is 0 Å². The number of hydrogen-bond donors (Lipinski definition) is 1. The van der Waals surface area contributed by atoms with Crippen LogP contribution in [0.25, 0.3) is 0 Å². The zero-order valence-corrected chi connectivity index (χ0v) is 15.7. The SMILES string of the molecule is COC(=O)[C@@H]1C[C@@H](Oc2ccc(Br)cc2C(C)(C)C)CN1.Cl. The molecule has 1 fully saturated rings. The number of benzene rings is 1. The third-order valence-corrected chi connectivity index (χ3v) is 4.11. The van der Waals surface area contributed by atoms with Crippen molar-refractivity contribution < 1.29 is 14.3 Å². The second-order valence-electron chi connectivity index (χ2n) is 6.35. The summed E-state index contributed by atoms with van der Waals surface area (Å²) >= 11 is 3.51. The molecule has 1 N–H and O–H groups in total. The van der Waals surface area contributed by atoms with Gasteiger partial charge in [0, 0.05) is 23.0 Å². The molecule has 2 rings (SSSR count). The van der Waals surface area contributed by atoms with Crippen molar-refractivity contribution >= 4 is 34.3 Å². The molecule has 1 saturated heterocycles. The van der Waals surface area contributed by atoms with Gasteiger partial charge in [0.25, 0.3) is 0 Å². The first-order valence-corrected chi connectivity index (χ1v) is 7.88. The molecule has 2 atom stereocenters. The van der Waals surface area contributed by atoms with E-state index in [-0.39, 0.29) is 35.9 Å². The van der Waals surface area contributed by atoms with E-state index in [1.807, 2.05) is 12.1 Å². The maximum atomic E-state index is 11.5. The summed E-state index contributed by atoms with van der Waals surface area (Å²) in [4.78, 5) is 11.5. The third-order valence-electron chi connectivity index (χ3n) is 3.62. The second-order valence-corrected chi connectivity index (χ2v) is 7.27. The number of halogens is 2. The van der Waals surface area contributed by atoms with Crippen LogP contribution in [-0.4, -0.2) is 31.8 Å². The number of carbonyl (C=O) groups is 1. The first kappa shape index (κ1) is 19.3. The van der Waals surface area contributed by atoms with Gasteiger partial charge in [-0.2, -0.15) is 0 Å². The van der Waals surface area contributed by atoms with Gasteiger partial charge in [0.05, 0.1) is 7.11 Å². The molecule has 1 aliphatic rings. The number of rotatable bonds is 3. The van der Waals surface area contributed by atoms with Crippen molar-refractivity contribution in [3.8, 4) is 5.75 Å². The molecule has 0 amide bonds. The maximum absolute atomic E-state index is 11.5. The van der Waals surface area contributed by atoms with Gasteiger partial charge >= 0.3 is 5.97 Å². The van der Waals surface area contributed by atoms with Crippen LogP contribution in [0, 0.1) is 0 Å². The number of nitrogens with one attached hydrogen (secondary N) is 1. The summed E-state index contributed by atoms with van der Waals surface area (Å²) < 4.78 is 11.9. The van der Waals surface area contributed by atoms with Crippen LogP contribution < -0.4 is 10.1 Å². The van der Waals surface area contributed by atoms with E-state index in [4.69, 9.17) is 9.47 Å². The Hall–Kier alpha value is -0.780. The summed E-state index contributed by atoms with van der Waals surface area (Å²) in [6, 6.07) is 5.78. The molecular formula is C16H23BrClNO3. The van der Waals surface area contributed by atoms with Gasteiger partial charge in [-0.05, 0) is 23.6 Å². The predicted octanol–water partition coefficient (Wildman–Crippen LogP) is 3.45. The highest BCUT2D eigenvalue weighted by molar-refractivity contribution is 9.10. The number of methoxy groups -OCH3 is 1. The minimum Gasteiger partial charge on any atom is -0.489 e. The Morgan fingerprint density at radius 2 is 2.05 bits per heavy atom. The summed E-state index contributed by atoms with van der Waals surface area (Å²) in [5.74, 6) is 0.649. The van der Waals surface area contributed by atoms with Crippen molar-refractivity contribution in [2.75, 3.05) is 13.7 Å². The number of ether oxygens (including phenoxy) is 2. The van der Waals surface area contributed by atoms with Gasteiger partial charge in [-0.15, -0.1) is 12.4 Å². The molecule has 0 unspecified atom stereocenters. The molecule has 0 radical (unpaired) electrons. The minimum atomic E-state index is -0.270. The van der Waals surface area contributed by atoms with E-state index in [0.29, 0.717) is 13.0 Å². The maximum Gasteiger partial charge on any atom is 0.323 e. The van der Waals surface area contributed by atoms with Gasteiger partial charge in [0.1, 0.15) is 17.9 Å². The van der Waals surface area contributed by atoms with Crippen molar-refractivity contribution in [1.82, 2.24) is 5.32 Å². The second kappa shape index (κ2) is 7.66. The normalized spacial score (nSPS) is 21.1. The highest BCUT2D eigenvalue weighted by atomic mass is 79.9. The molecule has 4 nitrogen and oxygen atoms in total. The first-order chi connectivity index (χ1) is 9.81. The number of hydrogen-bond acceptors (Lipinski definition) is 4. The smallest absolute Gasteiger partial charge is 0.323 e. The fourth-order valence-electron chi connectivity index (χ4n) is 2.49. The Balaban J connectivity index is 0.00000242. The molecule has 124 valence electrons. The van der Waals surface area contributed by atoms with Crippen LogP contribution in [0.15, 0.2) is 22.7 Å². The summed E-state index contributed by atoms with van der Waals surface area (Å²) in [6.45, 7) is 7.13. The first-order valence-electron chi connectivity index (χ1n) is 7.09. The quantitative estimate of drug-likeness (QED) is 0.800. The Bertz CT molecular complexity index is 531. The molecule has 1 aliphatic heterocycles. The van der Waals surface area contributed by atoms with Crippen LogP contribution in [0.2, 0.25) is 0 Å². The Morgan fingerprint density at radius 1 is 1.36 bits per heavy atom. The van der Waals surface area contributed by atoms with Gasteiger partial charge in [-0.1, -0.05) is 36.7 Å². The molecule has 0 spiro atoms. The lowest BCUT2D eigenvalue weighted by Crippen LogP contribution is -2.31. The molecule has 1 aromatic rings. The summed E-state index contributed by atoms with van der Waals surface area (Å²) in [5, 5.41) is 3.14. The van der Waals surface area contributed by atoms with E-state index in [0.717, 1.165) is 15.8 Å². The van der Waals surface area contributed by atoms with Crippen LogP contribution in [0.4, 0.5) is 0 Å². The van der Waals surface area contributed by atoms with Crippen molar-refractivity contribution in [1.29, 1.82) is 0 Å². The van der Waals surface area contributed by atoms with E-state index in [1.165, 1.54) is 7.11 Å². The highest BCUT2D eigenvalue weighted by Gasteiger charge is 2.32. The predicted molar refractivity (Wildman–Crippen MR) is 92.9 cm³/mol. The van der Waals surface area contributed by atoms with Gasteiger partial charge in [0.2, 0.25) is 0 Å². The average Bonchev–Trinajstić information content (AvgIpc) is 2.87. The molecule has 0 bridgehead atoms. The lowest BCUT2D eigenvalue weighted by Gasteiger charge is -2.25. The monoisotopic (exact) mass is 391 g/mol. The Kier molecular flexibility index (Phi) is 6.71. The van der Waals surface area contributed by atoms with E-state index in [9.17, 15) is 4.79 Å². The van der Waals surface area contributed by atoms with Crippen LogP contribution in [0.3, 0.4) is 0 Å². The molecular weight excluding hydrogens is 370 g/mol.